The quantitative estimate of drug-likeness (QED) is 0.346. The van der Waals surface area contributed by atoms with Crippen molar-refractivity contribution >= 4 is 27.5 Å². The minimum Gasteiger partial charge on any atom is -0.497 e. The van der Waals surface area contributed by atoms with Gasteiger partial charge in [0.15, 0.2) is 0 Å². The number of nitrogens with one attached hydrogen (secondary N) is 1. The second-order valence-electron chi connectivity index (χ2n) is 9.96. The zero-order chi connectivity index (χ0) is 29.4. The lowest BCUT2D eigenvalue weighted by Gasteiger charge is -2.32. The van der Waals surface area contributed by atoms with Crippen LogP contribution in [0.1, 0.15) is 31.9 Å². The largest absolute Gasteiger partial charge is 0.497 e. The fourth-order valence-electron chi connectivity index (χ4n) is 4.01. The van der Waals surface area contributed by atoms with E-state index in [1.165, 1.54) is 42.3 Å². The first-order valence-corrected chi connectivity index (χ1v) is 14.4. The Morgan fingerprint density at radius 3 is 2.27 bits per heavy atom. The third-order valence-corrected chi connectivity index (χ3v) is 8.12. The first kappa shape index (κ1) is 30.6. The van der Waals surface area contributed by atoms with Crippen LogP contribution in [0, 0.1) is 18.7 Å². The Bertz CT molecular complexity index is 1430. The molecular weight excluding hydrogens is 533 g/mol. The molecule has 2 amide bonds. The molecule has 3 aromatic carbocycles. The Morgan fingerprint density at radius 2 is 1.65 bits per heavy atom. The summed E-state index contributed by atoms with van der Waals surface area (Å²) in [5.41, 5.74) is 1.25. The number of hydrogen-bond acceptors (Lipinski definition) is 5. The molecule has 0 saturated carbocycles. The third-order valence-electron chi connectivity index (χ3n) is 6.35. The molecule has 1 unspecified atom stereocenters. The van der Waals surface area contributed by atoms with Crippen molar-refractivity contribution in [3.05, 3.63) is 89.7 Å². The van der Waals surface area contributed by atoms with Crippen LogP contribution in [0.4, 0.5) is 10.1 Å². The number of sulfonamides is 1. The Kier molecular flexibility index (Phi) is 10.3. The van der Waals surface area contributed by atoms with E-state index in [1.54, 1.807) is 43.3 Å². The van der Waals surface area contributed by atoms with Crippen LogP contribution in [-0.2, 0) is 26.2 Å². The number of rotatable bonds is 12. The average molecular weight is 570 g/mol. The van der Waals surface area contributed by atoms with E-state index in [4.69, 9.17) is 4.74 Å². The molecular formula is C30H36FN3O5S. The number of carbonyl (C=O) groups excluding carboxylic acids is 2. The van der Waals surface area contributed by atoms with Crippen molar-refractivity contribution in [2.24, 2.45) is 5.92 Å². The van der Waals surface area contributed by atoms with Gasteiger partial charge in [-0.25, -0.2) is 12.8 Å². The summed E-state index contributed by atoms with van der Waals surface area (Å²) in [6, 6.07) is 17.5. The van der Waals surface area contributed by atoms with E-state index >= 15 is 0 Å². The lowest BCUT2D eigenvalue weighted by Crippen LogP contribution is -2.51. The minimum atomic E-state index is -4.35. The highest BCUT2D eigenvalue weighted by atomic mass is 32.2. The second kappa shape index (κ2) is 13.4. The van der Waals surface area contributed by atoms with Gasteiger partial charge in [-0.1, -0.05) is 55.8 Å². The van der Waals surface area contributed by atoms with Crippen LogP contribution in [0.5, 0.6) is 5.75 Å². The molecule has 0 aliphatic rings. The zero-order valence-electron chi connectivity index (χ0n) is 23.4. The van der Waals surface area contributed by atoms with Gasteiger partial charge in [0.2, 0.25) is 11.8 Å². The van der Waals surface area contributed by atoms with E-state index in [2.05, 4.69) is 5.32 Å². The van der Waals surface area contributed by atoms with Gasteiger partial charge in [0.1, 0.15) is 24.2 Å². The van der Waals surface area contributed by atoms with Gasteiger partial charge in [0.25, 0.3) is 10.0 Å². The highest BCUT2D eigenvalue weighted by Gasteiger charge is 2.33. The van der Waals surface area contributed by atoms with Crippen LogP contribution < -0.4 is 14.4 Å². The molecule has 214 valence electrons. The maximum Gasteiger partial charge on any atom is 0.264 e. The van der Waals surface area contributed by atoms with Gasteiger partial charge in [0, 0.05) is 13.1 Å². The normalized spacial score (nSPS) is 12.1. The van der Waals surface area contributed by atoms with E-state index in [-0.39, 0.29) is 29.0 Å². The van der Waals surface area contributed by atoms with Crippen molar-refractivity contribution in [1.29, 1.82) is 0 Å². The Hall–Kier alpha value is -3.92. The molecule has 3 aromatic rings. The molecule has 0 aliphatic carbocycles. The van der Waals surface area contributed by atoms with Crippen molar-refractivity contribution in [1.82, 2.24) is 10.2 Å². The first-order chi connectivity index (χ1) is 18.9. The minimum absolute atomic E-state index is 0.00197. The monoisotopic (exact) mass is 569 g/mol. The number of aryl methyl sites for hydroxylation is 1. The summed E-state index contributed by atoms with van der Waals surface area (Å²) in [6.07, 6.45) is 0. The molecule has 40 heavy (non-hydrogen) atoms. The summed E-state index contributed by atoms with van der Waals surface area (Å²) in [6.45, 7) is 6.99. The number of benzene rings is 3. The number of para-hydroxylation sites is 1. The SMILES string of the molecule is COc1cccc(CN(C(=O)CN(c2ccccc2F)S(=O)(=O)c2ccc(C)cc2)C(C)C(=O)NCC(C)C)c1. The van der Waals surface area contributed by atoms with Gasteiger partial charge in [-0.05, 0) is 61.7 Å². The number of carbonyl (C=O) groups is 2. The van der Waals surface area contributed by atoms with Crippen LogP contribution >= 0.6 is 0 Å². The summed E-state index contributed by atoms with van der Waals surface area (Å²) < 4.78 is 48.6. The molecule has 0 aromatic heterocycles. The molecule has 10 heteroatoms. The van der Waals surface area contributed by atoms with Gasteiger partial charge in [-0.15, -0.1) is 0 Å². The molecule has 0 heterocycles. The maximum atomic E-state index is 15.0. The number of anilines is 1. The van der Waals surface area contributed by atoms with Crippen molar-refractivity contribution in [3.8, 4) is 5.75 Å². The number of amides is 2. The van der Waals surface area contributed by atoms with E-state index in [9.17, 15) is 22.4 Å². The van der Waals surface area contributed by atoms with E-state index < -0.39 is 34.3 Å². The highest BCUT2D eigenvalue weighted by Crippen LogP contribution is 2.27. The lowest BCUT2D eigenvalue weighted by atomic mass is 10.1. The predicted molar refractivity (Wildman–Crippen MR) is 153 cm³/mol. The van der Waals surface area contributed by atoms with E-state index in [1.807, 2.05) is 20.8 Å². The Morgan fingerprint density at radius 1 is 0.975 bits per heavy atom. The maximum absolute atomic E-state index is 15.0. The molecule has 8 nitrogen and oxygen atoms in total. The van der Waals surface area contributed by atoms with E-state index in [0.29, 0.717) is 17.9 Å². The summed E-state index contributed by atoms with van der Waals surface area (Å²) in [5.74, 6) is -1.10. The standard InChI is InChI=1S/C30H36FN3O5S/c1-21(2)18-32-30(36)23(4)33(19-24-9-8-10-25(17-24)39-5)29(35)20-34(28-12-7-6-11-27(28)31)40(37,38)26-15-13-22(3)14-16-26/h6-17,21,23H,18-20H2,1-5H3,(H,32,36). The summed E-state index contributed by atoms with van der Waals surface area (Å²) in [7, 11) is -2.83. The molecule has 0 radical (unpaired) electrons. The van der Waals surface area contributed by atoms with Gasteiger partial charge >= 0.3 is 0 Å². The zero-order valence-corrected chi connectivity index (χ0v) is 24.2. The molecule has 0 saturated heterocycles. The van der Waals surface area contributed by atoms with Gasteiger partial charge in [0.05, 0.1) is 17.7 Å². The van der Waals surface area contributed by atoms with Gasteiger partial charge in [-0.2, -0.15) is 0 Å². The predicted octanol–water partition coefficient (Wildman–Crippen LogP) is 4.53. The number of nitrogens with zero attached hydrogens (tertiary/aromatic N) is 2. The summed E-state index contributed by atoms with van der Waals surface area (Å²) in [4.78, 5) is 28.2. The van der Waals surface area contributed by atoms with Crippen molar-refractivity contribution < 1.29 is 27.1 Å². The number of hydrogen-bond donors (Lipinski definition) is 1. The molecule has 0 fully saturated rings. The molecule has 1 N–H and O–H groups in total. The fraction of sp³-hybridized carbons (Fsp3) is 0.333. The third kappa shape index (κ3) is 7.59. The van der Waals surface area contributed by atoms with Crippen LogP contribution in [0.2, 0.25) is 0 Å². The van der Waals surface area contributed by atoms with Crippen molar-refractivity contribution in [2.45, 2.75) is 45.2 Å². The summed E-state index contributed by atoms with van der Waals surface area (Å²) >= 11 is 0. The Labute approximate surface area is 235 Å². The van der Waals surface area contributed by atoms with Gasteiger partial charge < -0.3 is 15.0 Å². The number of ether oxygens (including phenoxy) is 1. The summed E-state index contributed by atoms with van der Waals surface area (Å²) in [5, 5.41) is 2.83. The average Bonchev–Trinajstić information content (AvgIpc) is 2.93. The first-order valence-electron chi connectivity index (χ1n) is 13.0. The second-order valence-corrected chi connectivity index (χ2v) is 11.8. The molecule has 0 bridgehead atoms. The smallest absolute Gasteiger partial charge is 0.264 e. The van der Waals surface area contributed by atoms with Crippen LogP contribution in [0.25, 0.3) is 0 Å². The van der Waals surface area contributed by atoms with Crippen molar-refractivity contribution in [3.63, 3.8) is 0 Å². The molecule has 1 atom stereocenters. The van der Waals surface area contributed by atoms with Crippen LogP contribution in [0.3, 0.4) is 0 Å². The molecule has 3 rings (SSSR count). The van der Waals surface area contributed by atoms with E-state index in [0.717, 1.165) is 15.9 Å². The fourth-order valence-corrected chi connectivity index (χ4v) is 5.43. The lowest BCUT2D eigenvalue weighted by molar-refractivity contribution is -0.139. The highest BCUT2D eigenvalue weighted by molar-refractivity contribution is 7.92. The number of methoxy groups -OCH3 is 1. The van der Waals surface area contributed by atoms with Gasteiger partial charge in [-0.3, -0.25) is 13.9 Å². The topological polar surface area (TPSA) is 96.0 Å². The molecule has 0 aliphatic heterocycles. The molecule has 0 spiro atoms. The Balaban J connectivity index is 2.03. The van der Waals surface area contributed by atoms with Crippen LogP contribution in [0.15, 0.2) is 77.7 Å². The van der Waals surface area contributed by atoms with Crippen LogP contribution in [-0.4, -0.2) is 51.4 Å². The number of halogens is 1. The van der Waals surface area contributed by atoms with Crippen molar-refractivity contribution in [2.75, 3.05) is 24.5 Å².